The van der Waals surface area contributed by atoms with Crippen molar-refractivity contribution in [2.45, 2.75) is 40.5 Å². The maximum atomic E-state index is 14.3. The Labute approximate surface area is 117 Å². The van der Waals surface area contributed by atoms with Crippen LogP contribution in [-0.2, 0) is 6.42 Å². The molecule has 0 saturated heterocycles. The van der Waals surface area contributed by atoms with Gasteiger partial charge >= 0.3 is 0 Å². The molecule has 0 aliphatic heterocycles. The number of halogens is 1. The molecule has 1 N–H and O–H groups in total. The van der Waals surface area contributed by atoms with E-state index in [2.05, 4.69) is 9.97 Å². The maximum Gasteiger partial charge on any atom is 0.254 e. The van der Waals surface area contributed by atoms with Gasteiger partial charge in [0.05, 0.1) is 5.69 Å². The summed E-state index contributed by atoms with van der Waals surface area (Å²) < 4.78 is 14.3. The van der Waals surface area contributed by atoms with Crippen LogP contribution in [0, 0.1) is 26.6 Å². The standard InChI is InChI=1S/C16H19FN2O/c1-5-6-13-18-15(11(4)16(20)19-13)14-10(3)7-9(2)8-12(14)17/h7-8H,5-6H2,1-4H3,(H,18,19,20). The highest BCUT2D eigenvalue weighted by atomic mass is 19.1. The number of benzene rings is 1. The first kappa shape index (κ1) is 14.4. The summed E-state index contributed by atoms with van der Waals surface area (Å²) in [5.74, 6) is 0.281. The van der Waals surface area contributed by atoms with Crippen molar-refractivity contribution in [1.29, 1.82) is 0 Å². The molecule has 2 rings (SSSR count). The summed E-state index contributed by atoms with van der Waals surface area (Å²) >= 11 is 0. The predicted octanol–water partition coefficient (Wildman–Crippen LogP) is 3.45. The number of rotatable bonds is 3. The SMILES string of the molecule is CCCc1nc(-c2c(C)cc(C)cc2F)c(C)c(=O)[nH]1. The summed E-state index contributed by atoms with van der Waals surface area (Å²) in [5.41, 5.74) is 2.79. The molecule has 1 aromatic carbocycles. The first-order chi connectivity index (χ1) is 9.43. The molecule has 2 aromatic rings. The van der Waals surface area contributed by atoms with Gasteiger partial charge in [-0.1, -0.05) is 13.0 Å². The average molecular weight is 274 g/mol. The van der Waals surface area contributed by atoms with Gasteiger partial charge in [-0.3, -0.25) is 4.79 Å². The minimum Gasteiger partial charge on any atom is -0.310 e. The maximum absolute atomic E-state index is 14.3. The van der Waals surface area contributed by atoms with E-state index in [4.69, 9.17) is 0 Å². The lowest BCUT2D eigenvalue weighted by Gasteiger charge is -2.12. The number of aromatic amines is 1. The lowest BCUT2D eigenvalue weighted by atomic mass is 9.99. The van der Waals surface area contributed by atoms with Crippen molar-refractivity contribution in [3.63, 3.8) is 0 Å². The van der Waals surface area contributed by atoms with Crippen molar-refractivity contribution in [3.8, 4) is 11.3 Å². The predicted molar refractivity (Wildman–Crippen MR) is 78.5 cm³/mol. The Balaban J connectivity index is 2.72. The topological polar surface area (TPSA) is 45.8 Å². The van der Waals surface area contributed by atoms with Crippen LogP contribution in [0.2, 0.25) is 0 Å². The Morgan fingerprint density at radius 1 is 1.25 bits per heavy atom. The van der Waals surface area contributed by atoms with E-state index in [9.17, 15) is 9.18 Å². The zero-order chi connectivity index (χ0) is 14.9. The van der Waals surface area contributed by atoms with E-state index in [1.54, 1.807) is 6.92 Å². The number of H-pyrrole nitrogens is 1. The van der Waals surface area contributed by atoms with E-state index >= 15 is 0 Å². The number of hydrogen-bond donors (Lipinski definition) is 1. The summed E-state index contributed by atoms with van der Waals surface area (Å²) in [4.78, 5) is 19.2. The molecule has 0 fully saturated rings. The van der Waals surface area contributed by atoms with E-state index in [1.165, 1.54) is 6.07 Å². The second-order valence-electron chi connectivity index (χ2n) is 5.17. The third-order valence-corrected chi connectivity index (χ3v) is 3.36. The molecule has 0 saturated carbocycles. The largest absolute Gasteiger partial charge is 0.310 e. The van der Waals surface area contributed by atoms with Crippen LogP contribution in [-0.4, -0.2) is 9.97 Å². The number of nitrogens with zero attached hydrogens (tertiary/aromatic N) is 1. The minimum atomic E-state index is -0.328. The highest BCUT2D eigenvalue weighted by Crippen LogP contribution is 2.27. The average Bonchev–Trinajstić information content (AvgIpc) is 2.34. The molecule has 0 amide bonds. The van der Waals surface area contributed by atoms with Crippen LogP contribution >= 0.6 is 0 Å². The van der Waals surface area contributed by atoms with Crippen molar-refractivity contribution in [2.24, 2.45) is 0 Å². The van der Waals surface area contributed by atoms with Gasteiger partial charge in [0.2, 0.25) is 0 Å². The van der Waals surface area contributed by atoms with E-state index in [-0.39, 0.29) is 11.4 Å². The van der Waals surface area contributed by atoms with Gasteiger partial charge in [0.25, 0.3) is 5.56 Å². The van der Waals surface area contributed by atoms with Gasteiger partial charge in [0.1, 0.15) is 11.6 Å². The van der Waals surface area contributed by atoms with Crippen molar-refractivity contribution >= 4 is 0 Å². The lowest BCUT2D eigenvalue weighted by molar-refractivity contribution is 0.628. The normalized spacial score (nSPS) is 10.8. The second kappa shape index (κ2) is 5.57. The number of aryl methyl sites for hydroxylation is 3. The zero-order valence-corrected chi connectivity index (χ0v) is 12.3. The third-order valence-electron chi connectivity index (χ3n) is 3.36. The molecule has 0 bridgehead atoms. The van der Waals surface area contributed by atoms with E-state index in [1.807, 2.05) is 26.8 Å². The van der Waals surface area contributed by atoms with Gasteiger partial charge in [0, 0.05) is 17.5 Å². The quantitative estimate of drug-likeness (QED) is 0.931. The molecule has 0 aliphatic carbocycles. The van der Waals surface area contributed by atoms with Gasteiger partial charge in [-0.15, -0.1) is 0 Å². The van der Waals surface area contributed by atoms with Crippen LogP contribution in [0.1, 0.15) is 35.9 Å². The van der Waals surface area contributed by atoms with Gasteiger partial charge in [-0.05, 0) is 44.4 Å². The molecule has 0 radical (unpaired) electrons. The van der Waals surface area contributed by atoms with Gasteiger partial charge in [-0.2, -0.15) is 0 Å². The number of aromatic nitrogens is 2. The second-order valence-corrected chi connectivity index (χ2v) is 5.17. The third kappa shape index (κ3) is 2.64. The fourth-order valence-electron chi connectivity index (χ4n) is 2.39. The fraction of sp³-hybridized carbons (Fsp3) is 0.375. The minimum absolute atomic E-state index is 0.196. The summed E-state index contributed by atoms with van der Waals surface area (Å²) in [7, 11) is 0. The van der Waals surface area contributed by atoms with Crippen molar-refractivity contribution < 1.29 is 4.39 Å². The number of hydrogen-bond acceptors (Lipinski definition) is 2. The Morgan fingerprint density at radius 2 is 1.95 bits per heavy atom. The molecule has 1 aromatic heterocycles. The summed E-state index contributed by atoms with van der Waals surface area (Å²) in [6, 6.07) is 3.38. The Bertz CT molecular complexity index is 681. The molecule has 0 unspecified atom stereocenters. The summed E-state index contributed by atoms with van der Waals surface area (Å²) in [6.07, 6.45) is 1.55. The molecule has 4 heteroatoms. The van der Waals surface area contributed by atoms with Crippen LogP contribution < -0.4 is 5.56 Å². The first-order valence-corrected chi connectivity index (χ1v) is 6.81. The highest BCUT2D eigenvalue weighted by molar-refractivity contribution is 5.67. The molecular formula is C16H19FN2O. The van der Waals surface area contributed by atoms with Crippen LogP contribution in [0.5, 0.6) is 0 Å². The summed E-state index contributed by atoms with van der Waals surface area (Å²) in [5, 5.41) is 0. The molecule has 1 heterocycles. The highest BCUT2D eigenvalue weighted by Gasteiger charge is 2.16. The molecular weight excluding hydrogens is 255 g/mol. The monoisotopic (exact) mass is 274 g/mol. The van der Waals surface area contributed by atoms with Gasteiger partial charge in [0.15, 0.2) is 0 Å². The van der Waals surface area contributed by atoms with Gasteiger partial charge < -0.3 is 4.98 Å². The first-order valence-electron chi connectivity index (χ1n) is 6.81. The van der Waals surface area contributed by atoms with E-state index < -0.39 is 0 Å². The van der Waals surface area contributed by atoms with Crippen LogP contribution in [0.25, 0.3) is 11.3 Å². The van der Waals surface area contributed by atoms with Crippen LogP contribution in [0.4, 0.5) is 4.39 Å². The molecule has 0 aliphatic rings. The Morgan fingerprint density at radius 3 is 2.55 bits per heavy atom. The molecule has 106 valence electrons. The fourth-order valence-corrected chi connectivity index (χ4v) is 2.39. The van der Waals surface area contributed by atoms with Crippen LogP contribution in [0.3, 0.4) is 0 Å². The van der Waals surface area contributed by atoms with Gasteiger partial charge in [-0.25, -0.2) is 9.37 Å². The Kier molecular flexibility index (Phi) is 4.02. The molecule has 0 atom stereocenters. The van der Waals surface area contributed by atoms with E-state index in [0.717, 1.165) is 17.5 Å². The van der Waals surface area contributed by atoms with Crippen LogP contribution in [0.15, 0.2) is 16.9 Å². The number of nitrogens with one attached hydrogen (secondary N) is 1. The molecule has 20 heavy (non-hydrogen) atoms. The van der Waals surface area contributed by atoms with Crippen molar-refractivity contribution in [2.75, 3.05) is 0 Å². The van der Waals surface area contributed by atoms with Crippen molar-refractivity contribution in [3.05, 3.63) is 50.8 Å². The molecule has 0 spiro atoms. The Hall–Kier alpha value is -1.97. The van der Waals surface area contributed by atoms with E-state index in [0.29, 0.717) is 29.1 Å². The summed E-state index contributed by atoms with van der Waals surface area (Å²) in [6.45, 7) is 7.38. The smallest absolute Gasteiger partial charge is 0.254 e. The lowest BCUT2D eigenvalue weighted by Crippen LogP contribution is -2.16. The van der Waals surface area contributed by atoms with Crippen molar-refractivity contribution in [1.82, 2.24) is 9.97 Å². The molecule has 3 nitrogen and oxygen atoms in total. The zero-order valence-electron chi connectivity index (χ0n) is 12.3.